The maximum absolute atomic E-state index is 12.1. The quantitative estimate of drug-likeness (QED) is 0.663. The highest BCUT2D eigenvalue weighted by atomic mass is 16.5. The highest BCUT2D eigenvalue weighted by molar-refractivity contribution is 6.18. The maximum Gasteiger partial charge on any atom is 0.166 e. The molecule has 94 valence electrons. The molecule has 3 nitrogen and oxygen atoms in total. The summed E-state index contributed by atoms with van der Waals surface area (Å²) in [6.45, 7) is 0.732. The molecule has 1 aliphatic heterocycles. The van der Waals surface area contributed by atoms with Gasteiger partial charge in [-0.25, -0.2) is 0 Å². The van der Waals surface area contributed by atoms with Crippen LogP contribution in [0, 0.1) is 0 Å². The van der Waals surface area contributed by atoms with Crippen molar-refractivity contribution in [3.05, 3.63) is 42.0 Å². The predicted octanol–water partition coefficient (Wildman–Crippen LogP) is 3.39. The molecule has 0 radical (unpaired) electrons. The molecule has 2 heterocycles. The Kier molecular flexibility index (Phi) is 2.01. The number of para-hydroxylation sites is 2. The maximum atomic E-state index is 12.1. The van der Waals surface area contributed by atoms with Crippen molar-refractivity contribution in [3.8, 4) is 5.75 Å². The first-order chi connectivity index (χ1) is 9.31. The molecule has 1 aromatic heterocycles. The van der Waals surface area contributed by atoms with Gasteiger partial charge in [0.1, 0.15) is 5.75 Å². The van der Waals surface area contributed by atoms with Crippen LogP contribution in [0.3, 0.4) is 0 Å². The summed E-state index contributed by atoms with van der Waals surface area (Å²) in [4.78, 5) is 12.1. The van der Waals surface area contributed by atoms with Crippen LogP contribution in [-0.4, -0.2) is 17.5 Å². The molecule has 0 saturated carbocycles. The van der Waals surface area contributed by atoms with E-state index in [1.807, 2.05) is 24.3 Å². The lowest BCUT2D eigenvalue weighted by molar-refractivity contribution is 0.0974. The summed E-state index contributed by atoms with van der Waals surface area (Å²) < 4.78 is 7.71. The topological polar surface area (TPSA) is 31.2 Å². The van der Waals surface area contributed by atoms with Gasteiger partial charge in [0.25, 0.3) is 0 Å². The van der Waals surface area contributed by atoms with Gasteiger partial charge < -0.3 is 9.30 Å². The number of hydrogen-bond acceptors (Lipinski definition) is 2. The van der Waals surface area contributed by atoms with Crippen molar-refractivity contribution in [1.82, 2.24) is 4.57 Å². The molecular weight excluding hydrogens is 238 g/mol. The number of fused-ring (bicyclic) bond motifs is 3. The highest BCUT2D eigenvalue weighted by Crippen LogP contribution is 2.38. The highest BCUT2D eigenvalue weighted by Gasteiger charge is 2.23. The number of aryl methyl sites for hydroxylation is 1. The Morgan fingerprint density at radius 2 is 1.79 bits per heavy atom. The van der Waals surface area contributed by atoms with Crippen LogP contribution in [-0.2, 0) is 6.54 Å². The number of hydrogen-bond donors (Lipinski definition) is 0. The lowest BCUT2D eigenvalue weighted by Crippen LogP contribution is -2.13. The summed E-state index contributed by atoms with van der Waals surface area (Å²) in [5.74, 6) is 1.11. The number of ketones is 1. The summed E-state index contributed by atoms with van der Waals surface area (Å²) >= 11 is 0. The molecule has 19 heavy (non-hydrogen) atoms. The molecule has 3 heteroatoms. The van der Waals surface area contributed by atoms with Gasteiger partial charge in [-0.05, 0) is 12.1 Å². The van der Waals surface area contributed by atoms with E-state index in [-0.39, 0.29) is 5.78 Å². The van der Waals surface area contributed by atoms with Crippen LogP contribution in [0.25, 0.3) is 21.8 Å². The fourth-order valence-electron chi connectivity index (χ4n) is 3.14. The van der Waals surface area contributed by atoms with Crippen molar-refractivity contribution in [2.45, 2.75) is 13.0 Å². The molecule has 0 aliphatic carbocycles. The van der Waals surface area contributed by atoms with E-state index in [2.05, 4.69) is 16.7 Å². The van der Waals surface area contributed by atoms with Crippen molar-refractivity contribution in [1.29, 1.82) is 0 Å². The Hall–Kier alpha value is -2.29. The Balaban J connectivity index is 2.31. The van der Waals surface area contributed by atoms with Crippen LogP contribution < -0.4 is 4.74 Å². The fraction of sp³-hybridized carbons (Fsp3) is 0.188. The van der Waals surface area contributed by atoms with Crippen LogP contribution in [0.2, 0.25) is 0 Å². The van der Waals surface area contributed by atoms with Crippen LogP contribution in [0.15, 0.2) is 36.4 Å². The third-order valence-corrected chi connectivity index (χ3v) is 3.95. The van der Waals surface area contributed by atoms with Crippen LogP contribution in [0.5, 0.6) is 5.75 Å². The van der Waals surface area contributed by atoms with E-state index in [0.29, 0.717) is 6.42 Å². The molecule has 4 rings (SSSR count). The summed E-state index contributed by atoms with van der Waals surface area (Å²) in [6.07, 6.45) is 0.563. The molecule has 1 aliphatic rings. The molecule has 0 N–H and O–H groups in total. The number of carbonyl (C=O) groups is 1. The minimum Gasteiger partial charge on any atom is -0.495 e. The first-order valence-corrected chi connectivity index (χ1v) is 6.42. The Morgan fingerprint density at radius 3 is 2.58 bits per heavy atom. The van der Waals surface area contributed by atoms with Gasteiger partial charge in [0, 0.05) is 29.3 Å². The number of methoxy groups -OCH3 is 1. The summed E-state index contributed by atoms with van der Waals surface area (Å²) in [7, 11) is 1.69. The van der Waals surface area contributed by atoms with Gasteiger partial charge in [0.15, 0.2) is 5.78 Å². The zero-order valence-electron chi connectivity index (χ0n) is 10.6. The second-order valence-corrected chi connectivity index (χ2v) is 4.88. The lowest BCUT2D eigenvalue weighted by Gasteiger charge is -2.16. The zero-order chi connectivity index (χ0) is 13.0. The molecule has 3 aromatic rings. The number of ether oxygens (including phenoxy) is 1. The molecule has 0 atom stereocenters. The van der Waals surface area contributed by atoms with E-state index in [1.54, 1.807) is 7.11 Å². The number of aromatic nitrogens is 1. The first-order valence-electron chi connectivity index (χ1n) is 6.42. The van der Waals surface area contributed by atoms with Crippen molar-refractivity contribution in [2.24, 2.45) is 0 Å². The third kappa shape index (κ3) is 1.24. The van der Waals surface area contributed by atoms with Crippen LogP contribution >= 0.6 is 0 Å². The molecule has 0 bridgehead atoms. The molecule has 0 spiro atoms. The number of nitrogens with zero attached hydrogens (tertiary/aromatic N) is 1. The van der Waals surface area contributed by atoms with Crippen LogP contribution in [0.1, 0.15) is 16.8 Å². The summed E-state index contributed by atoms with van der Waals surface area (Å²) in [5, 5.41) is 2.30. The third-order valence-electron chi connectivity index (χ3n) is 3.95. The van der Waals surface area contributed by atoms with Gasteiger partial charge in [-0.2, -0.15) is 0 Å². The second-order valence-electron chi connectivity index (χ2n) is 4.88. The Labute approximate surface area is 110 Å². The SMILES string of the molecule is COc1cccc2c3cccc4c3n(c12)CCC4=O. The second kappa shape index (κ2) is 3.60. The van der Waals surface area contributed by atoms with E-state index in [0.717, 1.165) is 39.7 Å². The van der Waals surface area contributed by atoms with Gasteiger partial charge >= 0.3 is 0 Å². The molecule has 0 unspecified atom stereocenters. The van der Waals surface area contributed by atoms with Crippen LogP contribution in [0.4, 0.5) is 0 Å². The molecular formula is C16H13NO2. The molecule has 0 fully saturated rings. The van der Waals surface area contributed by atoms with E-state index < -0.39 is 0 Å². The smallest absolute Gasteiger partial charge is 0.166 e. The number of Topliss-reactive ketones (excluding diaryl/α,β-unsaturated/α-hetero) is 1. The van der Waals surface area contributed by atoms with Crippen molar-refractivity contribution in [2.75, 3.05) is 7.11 Å². The summed E-state index contributed by atoms with van der Waals surface area (Å²) in [5.41, 5.74) is 2.99. The largest absolute Gasteiger partial charge is 0.495 e. The van der Waals surface area contributed by atoms with Gasteiger partial charge in [-0.1, -0.05) is 24.3 Å². The fourth-order valence-corrected chi connectivity index (χ4v) is 3.14. The number of benzene rings is 2. The van der Waals surface area contributed by atoms with E-state index >= 15 is 0 Å². The molecule has 2 aromatic carbocycles. The van der Waals surface area contributed by atoms with E-state index in [4.69, 9.17) is 4.74 Å². The van der Waals surface area contributed by atoms with E-state index in [9.17, 15) is 4.79 Å². The monoisotopic (exact) mass is 251 g/mol. The lowest BCUT2D eigenvalue weighted by atomic mass is 10.0. The minimum absolute atomic E-state index is 0.236. The zero-order valence-corrected chi connectivity index (χ0v) is 10.6. The Morgan fingerprint density at radius 1 is 1.05 bits per heavy atom. The Bertz CT molecular complexity index is 829. The molecule has 0 amide bonds. The normalized spacial score (nSPS) is 14.3. The first kappa shape index (κ1) is 10.6. The van der Waals surface area contributed by atoms with Gasteiger partial charge in [-0.3, -0.25) is 4.79 Å². The van der Waals surface area contributed by atoms with Gasteiger partial charge in [0.05, 0.1) is 18.1 Å². The van der Waals surface area contributed by atoms with Gasteiger partial charge in [-0.15, -0.1) is 0 Å². The number of carbonyl (C=O) groups excluding carboxylic acids is 1. The average molecular weight is 251 g/mol. The van der Waals surface area contributed by atoms with Crippen molar-refractivity contribution < 1.29 is 9.53 Å². The van der Waals surface area contributed by atoms with Gasteiger partial charge in [0.2, 0.25) is 0 Å². The van der Waals surface area contributed by atoms with Crippen molar-refractivity contribution >= 4 is 27.6 Å². The minimum atomic E-state index is 0.236. The van der Waals surface area contributed by atoms with E-state index in [1.165, 1.54) is 0 Å². The summed E-state index contributed by atoms with van der Waals surface area (Å²) in [6, 6.07) is 12.0. The van der Waals surface area contributed by atoms with Crippen molar-refractivity contribution in [3.63, 3.8) is 0 Å². The number of rotatable bonds is 1. The average Bonchev–Trinajstić information content (AvgIpc) is 2.79. The predicted molar refractivity (Wildman–Crippen MR) is 74.9 cm³/mol. The standard InChI is InChI=1S/C16H13NO2/c1-19-14-7-3-5-11-10-4-2-6-12-13(18)8-9-17(15(10)12)16(11)14/h2-7H,8-9H2,1H3. The molecule has 0 saturated heterocycles.